The van der Waals surface area contributed by atoms with Crippen molar-refractivity contribution in [3.05, 3.63) is 48.2 Å². The number of anilines is 1. The van der Waals surface area contributed by atoms with Crippen molar-refractivity contribution in [2.75, 3.05) is 16.8 Å². The van der Waals surface area contributed by atoms with Gasteiger partial charge in [0, 0.05) is 19.0 Å². The molecule has 0 aliphatic carbocycles. The molecule has 0 spiro atoms. The third-order valence-corrected chi connectivity index (χ3v) is 6.08. The minimum Gasteiger partial charge on any atom is -0.311 e. The van der Waals surface area contributed by atoms with Crippen LogP contribution in [0, 0.1) is 5.92 Å². The van der Waals surface area contributed by atoms with Crippen molar-refractivity contribution in [2.24, 2.45) is 5.92 Å². The van der Waals surface area contributed by atoms with E-state index in [1.807, 2.05) is 18.2 Å². The summed E-state index contributed by atoms with van der Waals surface area (Å²) in [5, 5.41) is 7.09. The Bertz CT molecular complexity index is 799. The molecule has 3 rings (SSSR count). The number of aromatic nitrogens is 2. The number of rotatable bonds is 6. The van der Waals surface area contributed by atoms with Gasteiger partial charge in [-0.1, -0.05) is 30.3 Å². The zero-order chi connectivity index (χ0) is 17.0. The number of hydrogen-bond acceptors (Lipinski definition) is 4. The summed E-state index contributed by atoms with van der Waals surface area (Å²) in [5.74, 6) is 0.735. The summed E-state index contributed by atoms with van der Waals surface area (Å²) in [6, 6.07) is 11.8. The first-order valence-corrected chi connectivity index (χ1v) is 9.90. The van der Waals surface area contributed by atoms with Crippen molar-refractivity contribution in [3.63, 3.8) is 0 Å². The lowest BCUT2D eigenvalue weighted by atomic mass is 10.1. The van der Waals surface area contributed by atoms with Crippen LogP contribution >= 0.6 is 0 Å². The summed E-state index contributed by atoms with van der Waals surface area (Å²) in [6.45, 7) is 0.671. The predicted molar refractivity (Wildman–Crippen MR) is 92.4 cm³/mol. The maximum atomic E-state index is 12.2. The van der Waals surface area contributed by atoms with Crippen LogP contribution in [0.3, 0.4) is 0 Å². The maximum Gasteiger partial charge on any atom is 0.225 e. The third kappa shape index (κ3) is 4.44. The molecule has 1 aromatic carbocycles. The van der Waals surface area contributed by atoms with Crippen LogP contribution in [0.15, 0.2) is 42.6 Å². The lowest BCUT2D eigenvalue weighted by molar-refractivity contribution is -0.116. The zero-order valence-electron chi connectivity index (χ0n) is 13.4. The number of nitrogens with one attached hydrogen (secondary N) is 1. The Morgan fingerprint density at radius 2 is 2.04 bits per heavy atom. The van der Waals surface area contributed by atoms with Gasteiger partial charge in [0.2, 0.25) is 5.91 Å². The van der Waals surface area contributed by atoms with Crippen LogP contribution in [0.4, 0.5) is 5.82 Å². The number of nitrogens with zero attached hydrogens (tertiary/aromatic N) is 2. The van der Waals surface area contributed by atoms with Crippen LogP contribution in [0.25, 0.3) is 0 Å². The number of benzene rings is 1. The summed E-state index contributed by atoms with van der Waals surface area (Å²) < 4.78 is 24.7. The van der Waals surface area contributed by atoms with E-state index >= 15 is 0 Å². The molecule has 1 fully saturated rings. The first kappa shape index (κ1) is 16.7. The second-order valence-corrected chi connectivity index (χ2v) is 8.43. The molecule has 0 radical (unpaired) electrons. The molecule has 1 amide bonds. The fourth-order valence-corrected chi connectivity index (χ4v) is 4.85. The first-order valence-electron chi connectivity index (χ1n) is 8.08. The Hall–Kier alpha value is -2.15. The average Bonchev–Trinajstić information content (AvgIpc) is 3.12. The summed E-state index contributed by atoms with van der Waals surface area (Å²) in [5.41, 5.74) is 1.21. The highest BCUT2D eigenvalue weighted by Gasteiger charge is 2.29. The largest absolute Gasteiger partial charge is 0.311 e. The van der Waals surface area contributed by atoms with E-state index in [4.69, 9.17) is 0 Å². The van der Waals surface area contributed by atoms with Crippen LogP contribution in [-0.4, -0.2) is 35.6 Å². The molecule has 0 saturated carbocycles. The van der Waals surface area contributed by atoms with Gasteiger partial charge in [0.25, 0.3) is 0 Å². The molecule has 1 saturated heterocycles. The van der Waals surface area contributed by atoms with Gasteiger partial charge in [-0.15, -0.1) is 0 Å². The minimum atomic E-state index is -2.95. The number of carbonyl (C=O) groups is 1. The molecule has 24 heavy (non-hydrogen) atoms. The van der Waals surface area contributed by atoms with Gasteiger partial charge in [0.05, 0.1) is 17.7 Å². The molecule has 6 nitrogen and oxygen atoms in total. The van der Waals surface area contributed by atoms with Gasteiger partial charge in [0.1, 0.15) is 5.82 Å². The summed E-state index contributed by atoms with van der Waals surface area (Å²) in [7, 11) is -2.95. The highest BCUT2D eigenvalue weighted by molar-refractivity contribution is 7.91. The molecule has 0 bridgehead atoms. The lowest BCUT2D eigenvalue weighted by Crippen LogP contribution is -2.20. The molecule has 1 aromatic heterocycles. The number of aryl methyl sites for hydroxylation is 2. The molecular weight excluding hydrogens is 326 g/mol. The minimum absolute atomic E-state index is 0.0734. The fourth-order valence-electron chi connectivity index (χ4n) is 2.99. The Balaban J connectivity index is 1.54. The average molecular weight is 347 g/mol. The molecule has 2 heterocycles. The zero-order valence-corrected chi connectivity index (χ0v) is 14.2. The number of hydrogen-bond donors (Lipinski definition) is 1. The van der Waals surface area contributed by atoms with Crippen LogP contribution in [0.5, 0.6) is 0 Å². The van der Waals surface area contributed by atoms with Gasteiger partial charge in [-0.3, -0.25) is 4.79 Å². The van der Waals surface area contributed by atoms with Crippen molar-refractivity contribution < 1.29 is 13.2 Å². The van der Waals surface area contributed by atoms with E-state index < -0.39 is 9.84 Å². The van der Waals surface area contributed by atoms with Gasteiger partial charge in [0.15, 0.2) is 9.84 Å². The van der Waals surface area contributed by atoms with Crippen LogP contribution in [0.2, 0.25) is 0 Å². The molecule has 128 valence electrons. The Morgan fingerprint density at radius 3 is 2.75 bits per heavy atom. The number of carbonyl (C=O) groups excluding carboxylic acids is 1. The van der Waals surface area contributed by atoms with E-state index in [0.29, 0.717) is 18.8 Å². The van der Waals surface area contributed by atoms with E-state index in [1.54, 1.807) is 16.9 Å². The monoisotopic (exact) mass is 347 g/mol. The van der Waals surface area contributed by atoms with Crippen molar-refractivity contribution in [3.8, 4) is 0 Å². The van der Waals surface area contributed by atoms with Gasteiger partial charge < -0.3 is 5.32 Å². The van der Waals surface area contributed by atoms with Crippen LogP contribution in [-0.2, 0) is 27.6 Å². The molecule has 1 N–H and O–H groups in total. The van der Waals surface area contributed by atoms with Crippen molar-refractivity contribution in [2.45, 2.75) is 25.8 Å². The molecule has 1 aliphatic rings. The van der Waals surface area contributed by atoms with E-state index in [0.717, 1.165) is 6.42 Å². The van der Waals surface area contributed by atoms with Gasteiger partial charge in [-0.25, -0.2) is 13.1 Å². The number of amides is 1. The SMILES string of the molecule is O=C(C[C@@H]1CCS(=O)(=O)C1)Nc1ccnn1CCc1ccccc1. The lowest BCUT2D eigenvalue weighted by Gasteiger charge is -2.11. The Morgan fingerprint density at radius 1 is 1.25 bits per heavy atom. The highest BCUT2D eigenvalue weighted by Crippen LogP contribution is 2.22. The van der Waals surface area contributed by atoms with E-state index in [-0.39, 0.29) is 29.8 Å². The summed E-state index contributed by atoms with van der Waals surface area (Å²) in [4.78, 5) is 12.2. The second-order valence-electron chi connectivity index (χ2n) is 6.20. The number of sulfone groups is 1. The molecule has 7 heteroatoms. The highest BCUT2D eigenvalue weighted by atomic mass is 32.2. The van der Waals surface area contributed by atoms with Gasteiger partial charge >= 0.3 is 0 Å². The molecule has 1 atom stereocenters. The van der Waals surface area contributed by atoms with E-state index in [1.165, 1.54) is 5.56 Å². The van der Waals surface area contributed by atoms with E-state index in [9.17, 15) is 13.2 Å². The summed E-state index contributed by atoms with van der Waals surface area (Å²) >= 11 is 0. The first-order chi connectivity index (χ1) is 11.5. The van der Waals surface area contributed by atoms with Crippen LogP contribution in [0.1, 0.15) is 18.4 Å². The van der Waals surface area contributed by atoms with Gasteiger partial charge in [-0.05, 0) is 24.3 Å². The second kappa shape index (κ2) is 7.17. The topological polar surface area (TPSA) is 81.1 Å². The van der Waals surface area contributed by atoms with Crippen molar-refractivity contribution in [1.29, 1.82) is 0 Å². The Kier molecular flexibility index (Phi) is 4.99. The fraction of sp³-hybridized carbons (Fsp3) is 0.412. The van der Waals surface area contributed by atoms with Gasteiger partial charge in [-0.2, -0.15) is 5.10 Å². The Labute approximate surface area is 141 Å². The smallest absolute Gasteiger partial charge is 0.225 e. The maximum absolute atomic E-state index is 12.2. The molecule has 2 aromatic rings. The van der Waals surface area contributed by atoms with Crippen molar-refractivity contribution >= 4 is 21.6 Å². The molecular formula is C17H21N3O3S. The molecule has 0 unspecified atom stereocenters. The van der Waals surface area contributed by atoms with E-state index in [2.05, 4.69) is 22.5 Å². The van der Waals surface area contributed by atoms with Crippen molar-refractivity contribution in [1.82, 2.24) is 9.78 Å². The third-order valence-electron chi connectivity index (χ3n) is 4.24. The normalized spacial score (nSPS) is 19.2. The van der Waals surface area contributed by atoms with Crippen LogP contribution < -0.4 is 5.32 Å². The molecule has 1 aliphatic heterocycles. The predicted octanol–water partition coefficient (Wildman–Crippen LogP) is 1.89. The quantitative estimate of drug-likeness (QED) is 0.865. The summed E-state index contributed by atoms with van der Waals surface area (Å²) in [6.07, 6.45) is 3.29. The standard InChI is InChI=1S/C17H21N3O3S/c21-17(12-15-8-11-24(22,23)13-15)19-16-6-9-18-20(16)10-7-14-4-2-1-3-5-14/h1-6,9,15H,7-8,10-13H2,(H,19,21)/t15-/m0/s1.